The highest BCUT2D eigenvalue weighted by atomic mass is 32.2. The minimum Gasteiger partial charge on any atom is -0.242 e. The van der Waals surface area contributed by atoms with E-state index >= 15 is 0 Å². The molecular formula is C20H25N3S2. The van der Waals surface area contributed by atoms with Crippen LogP contribution in [0.15, 0.2) is 11.4 Å². The maximum Gasteiger partial charge on any atom is 0.126 e. The van der Waals surface area contributed by atoms with Gasteiger partial charge in [-0.25, -0.2) is 15.0 Å². The first-order chi connectivity index (χ1) is 12.3. The van der Waals surface area contributed by atoms with Crippen LogP contribution < -0.4 is 0 Å². The number of rotatable bonds is 6. The molecular weight excluding hydrogens is 346 g/mol. The molecule has 0 bridgehead atoms. The molecule has 5 heteroatoms. The first-order valence-electron chi connectivity index (χ1n) is 9.54. The number of fused-ring (bicyclic) bond motifs is 5. The lowest BCUT2D eigenvalue weighted by Gasteiger charge is -2.20. The summed E-state index contributed by atoms with van der Waals surface area (Å²) in [6.45, 7) is 4.48. The van der Waals surface area contributed by atoms with Crippen LogP contribution in [-0.4, -0.2) is 20.7 Å². The fourth-order valence-corrected chi connectivity index (χ4v) is 5.88. The van der Waals surface area contributed by atoms with Crippen LogP contribution in [0.25, 0.3) is 20.4 Å². The van der Waals surface area contributed by atoms with Crippen LogP contribution in [0, 0.1) is 0 Å². The SMILES string of the molecule is CCCCc1nc2sc3c(SCCC)ncnc3c2c2c1CCCC2. The monoisotopic (exact) mass is 371 g/mol. The summed E-state index contributed by atoms with van der Waals surface area (Å²) in [5.74, 6) is 1.10. The Balaban J connectivity index is 1.94. The summed E-state index contributed by atoms with van der Waals surface area (Å²) in [7, 11) is 0. The maximum atomic E-state index is 5.13. The topological polar surface area (TPSA) is 38.7 Å². The van der Waals surface area contributed by atoms with Gasteiger partial charge in [-0.3, -0.25) is 0 Å². The van der Waals surface area contributed by atoms with Crippen LogP contribution in [0.2, 0.25) is 0 Å². The van der Waals surface area contributed by atoms with E-state index in [-0.39, 0.29) is 0 Å². The zero-order valence-corrected chi connectivity index (χ0v) is 16.7. The van der Waals surface area contributed by atoms with E-state index in [2.05, 4.69) is 23.8 Å². The minimum absolute atomic E-state index is 1.10. The summed E-state index contributed by atoms with van der Waals surface area (Å²) in [5, 5.41) is 2.46. The Kier molecular flexibility index (Phi) is 5.23. The van der Waals surface area contributed by atoms with Gasteiger partial charge in [0.25, 0.3) is 0 Å². The number of nitrogens with zero attached hydrogens (tertiary/aromatic N) is 3. The van der Waals surface area contributed by atoms with E-state index in [1.165, 1.54) is 64.7 Å². The quantitative estimate of drug-likeness (QED) is 0.396. The van der Waals surface area contributed by atoms with E-state index < -0.39 is 0 Å². The van der Waals surface area contributed by atoms with E-state index in [9.17, 15) is 0 Å². The lowest BCUT2D eigenvalue weighted by molar-refractivity contribution is 0.670. The second kappa shape index (κ2) is 7.58. The molecule has 4 rings (SSSR count). The normalized spacial score (nSPS) is 14.3. The molecule has 0 radical (unpaired) electrons. The molecule has 3 aromatic heterocycles. The van der Waals surface area contributed by atoms with Crippen molar-refractivity contribution in [3.8, 4) is 0 Å². The number of aryl methyl sites for hydroxylation is 2. The van der Waals surface area contributed by atoms with Crippen molar-refractivity contribution in [1.82, 2.24) is 15.0 Å². The Bertz CT molecular complexity index is 901. The molecule has 0 spiro atoms. The van der Waals surface area contributed by atoms with Gasteiger partial charge in [-0.15, -0.1) is 23.1 Å². The smallest absolute Gasteiger partial charge is 0.126 e. The highest BCUT2D eigenvalue weighted by Gasteiger charge is 2.22. The fraction of sp³-hybridized carbons (Fsp3) is 0.550. The zero-order chi connectivity index (χ0) is 17.2. The third kappa shape index (κ3) is 3.17. The second-order valence-corrected chi connectivity index (χ2v) is 8.90. The van der Waals surface area contributed by atoms with Gasteiger partial charge in [0.15, 0.2) is 0 Å². The molecule has 0 saturated heterocycles. The van der Waals surface area contributed by atoms with Gasteiger partial charge in [0, 0.05) is 11.1 Å². The number of thiophene rings is 1. The van der Waals surface area contributed by atoms with Crippen molar-refractivity contribution in [3.05, 3.63) is 23.1 Å². The van der Waals surface area contributed by atoms with Gasteiger partial charge in [-0.1, -0.05) is 20.3 Å². The van der Waals surface area contributed by atoms with Crippen LogP contribution in [0.4, 0.5) is 0 Å². The van der Waals surface area contributed by atoms with Crippen LogP contribution in [0.5, 0.6) is 0 Å². The van der Waals surface area contributed by atoms with Gasteiger partial charge < -0.3 is 0 Å². The lowest BCUT2D eigenvalue weighted by atomic mass is 9.87. The second-order valence-electron chi connectivity index (χ2n) is 6.81. The van der Waals surface area contributed by atoms with Gasteiger partial charge in [0.1, 0.15) is 16.2 Å². The molecule has 0 unspecified atom stereocenters. The minimum atomic E-state index is 1.10. The van der Waals surface area contributed by atoms with E-state index in [4.69, 9.17) is 4.98 Å². The van der Waals surface area contributed by atoms with Gasteiger partial charge in [-0.05, 0) is 61.8 Å². The van der Waals surface area contributed by atoms with E-state index in [0.29, 0.717) is 0 Å². The molecule has 3 nitrogen and oxygen atoms in total. The number of hydrogen-bond acceptors (Lipinski definition) is 5. The molecule has 0 aromatic carbocycles. The third-order valence-corrected chi connectivity index (χ3v) is 7.39. The molecule has 3 heterocycles. The molecule has 0 N–H and O–H groups in total. The maximum absolute atomic E-state index is 5.13. The number of pyridine rings is 1. The fourth-order valence-electron chi connectivity index (χ4n) is 3.77. The Morgan fingerprint density at radius 1 is 1.08 bits per heavy atom. The number of unbranched alkanes of at least 4 members (excludes halogenated alkanes) is 1. The molecule has 3 aromatic rings. The Morgan fingerprint density at radius 3 is 2.72 bits per heavy atom. The molecule has 0 atom stereocenters. The summed E-state index contributed by atoms with van der Waals surface area (Å²) in [6.07, 6.45) is 11.4. The molecule has 1 aliphatic rings. The predicted molar refractivity (Wildman–Crippen MR) is 109 cm³/mol. The summed E-state index contributed by atoms with van der Waals surface area (Å²) in [5.41, 5.74) is 5.57. The third-order valence-electron chi connectivity index (χ3n) is 4.99. The van der Waals surface area contributed by atoms with Crippen LogP contribution in [0.1, 0.15) is 62.8 Å². The van der Waals surface area contributed by atoms with Crippen molar-refractivity contribution < 1.29 is 0 Å². The van der Waals surface area contributed by atoms with Gasteiger partial charge in [0.2, 0.25) is 0 Å². The van der Waals surface area contributed by atoms with Crippen LogP contribution in [-0.2, 0) is 19.3 Å². The molecule has 0 aliphatic heterocycles. The number of thioether (sulfide) groups is 1. The van der Waals surface area contributed by atoms with Crippen LogP contribution >= 0.6 is 23.1 Å². The van der Waals surface area contributed by atoms with Crippen molar-refractivity contribution in [3.63, 3.8) is 0 Å². The van der Waals surface area contributed by atoms with Crippen molar-refractivity contribution in [2.24, 2.45) is 0 Å². The lowest BCUT2D eigenvalue weighted by Crippen LogP contribution is -2.09. The summed E-state index contributed by atoms with van der Waals surface area (Å²) in [4.78, 5) is 15.5. The average Bonchev–Trinajstić information content (AvgIpc) is 3.03. The van der Waals surface area contributed by atoms with Crippen molar-refractivity contribution >= 4 is 43.5 Å². The molecule has 132 valence electrons. The van der Waals surface area contributed by atoms with Crippen molar-refractivity contribution in [1.29, 1.82) is 0 Å². The zero-order valence-electron chi connectivity index (χ0n) is 15.1. The Labute approximate surface area is 157 Å². The van der Waals surface area contributed by atoms with Crippen molar-refractivity contribution in [2.45, 2.75) is 70.2 Å². The summed E-state index contributed by atoms with van der Waals surface area (Å²) in [6, 6.07) is 0. The highest BCUT2D eigenvalue weighted by molar-refractivity contribution is 7.99. The van der Waals surface area contributed by atoms with E-state index in [0.717, 1.165) is 29.1 Å². The van der Waals surface area contributed by atoms with E-state index in [1.54, 1.807) is 23.2 Å². The van der Waals surface area contributed by atoms with E-state index in [1.807, 2.05) is 11.8 Å². The van der Waals surface area contributed by atoms with Crippen LogP contribution in [0.3, 0.4) is 0 Å². The van der Waals surface area contributed by atoms with Gasteiger partial charge >= 0.3 is 0 Å². The Hall–Kier alpha value is -1.20. The highest BCUT2D eigenvalue weighted by Crippen LogP contribution is 2.41. The van der Waals surface area contributed by atoms with Crippen molar-refractivity contribution in [2.75, 3.05) is 5.75 Å². The largest absolute Gasteiger partial charge is 0.242 e. The van der Waals surface area contributed by atoms with Gasteiger partial charge in [0.05, 0.1) is 10.2 Å². The number of aromatic nitrogens is 3. The molecule has 25 heavy (non-hydrogen) atoms. The first-order valence-corrected chi connectivity index (χ1v) is 11.3. The summed E-state index contributed by atoms with van der Waals surface area (Å²) < 4.78 is 1.24. The average molecular weight is 372 g/mol. The molecule has 0 saturated carbocycles. The standard InChI is InChI=1S/C20H25N3S2/c1-3-5-10-15-13-8-6-7-9-14(13)16-17-18(25-19(16)23-15)20(22-12-21-17)24-11-4-2/h12H,3-11H2,1-2H3. The van der Waals surface area contributed by atoms with Gasteiger partial charge in [-0.2, -0.15) is 0 Å². The predicted octanol–water partition coefficient (Wildman–Crippen LogP) is 5.96. The Morgan fingerprint density at radius 2 is 1.92 bits per heavy atom. The summed E-state index contributed by atoms with van der Waals surface area (Å²) >= 11 is 3.65. The first kappa shape index (κ1) is 17.2. The molecule has 0 fully saturated rings. The molecule has 1 aliphatic carbocycles. The molecule has 0 amide bonds. The number of hydrogen-bond donors (Lipinski definition) is 0.